The van der Waals surface area contributed by atoms with E-state index in [4.69, 9.17) is 11.6 Å². The average molecular weight is 364 g/mol. The van der Waals surface area contributed by atoms with Crippen molar-refractivity contribution in [3.05, 3.63) is 33.2 Å². The summed E-state index contributed by atoms with van der Waals surface area (Å²) in [5.74, 6) is 0.667. The van der Waals surface area contributed by atoms with Gasteiger partial charge in [0.15, 0.2) is 0 Å². The van der Waals surface area contributed by atoms with Gasteiger partial charge in [0.2, 0.25) is 5.91 Å². The normalized spacial score (nSPS) is 26.3. The van der Waals surface area contributed by atoms with Crippen molar-refractivity contribution in [2.24, 2.45) is 11.8 Å². The first-order valence-electron chi connectivity index (χ1n) is 9.01. The van der Waals surface area contributed by atoms with Crippen molar-refractivity contribution in [3.8, 4) is 0 Å². The van der Waals surface area contributed by atoms with Crippen molar-refractivity contribution in [1.29, 1.82) is 0 Å². The van der Waals surface area contributed by atoms with E-state index < -0.39 is 5.56 Å². The number of hydrogen-bond acceptors (Lipinski definition) is 3. The Morgan fingerprint density at radius 2 is 1.92 bits per heavy atom. The van der Waals surface area contributed by atoms with Crippen LogP contribution in [-0.2, 0) is 4.79 Å². The van der Waals surface area contributed by atoms with Crippen LogP contribution in [-0.4, -0.2) is 52.3 Å². The molecule has 1 aromatic heterocycles. The quantitative estimate of drug-likeness (QED) is 0.872. The van der Waals surface area contributed by atoms with E-state index >= 15 is 0 Å². The Morgan fingerprint density at radius 3 is 2.60 bits per heavy atom. The SMILES string of the molecule is O=C(C1CCC1)N1C[C@@H]2CC[C@H](C1)N(C(=O)c1c[nH]c(=O)c(Cl)c1)C2. The molecule has 7 heteroatoms. The van der Waals surface area contributed by atoms with Gasteiger partial charge in [0.25, 0.3) is 11.5 Å². The minimum atomic E-state index is -0.395. The lowest BCUT2D eigenvalue weighted by molar-refractivity contribution is -0.138. The maximum absolute atomic E-state index is 12.9. The van der Waals surface area contributed by atoms with Crippen LogP contribution < -0.4 is 5.56 Å². The zero-order valence-electron chi connectivity index (χ0n) is 14.0. The summed E-state index contributed by atoms with van der Waals surface area (Å²) in [6.45, 7) is 2.03. The van der Waals surface area contributed by atoms with Crippen LogP contribution in [0.2, 0.25) is 5.02 Å². The molecular formula is C18H22ClN3O3. The van der Waals surface area contributed by atoms with Crippen LogP contribution >= 0.6 is 11.6 Å². The summed E-state index contributed by atoms with van der Waals surface area (Å²) in [5, 5.41) is 0.0209. The second-order valence-corrected chi connectivity index (χ2v) is 7.90. The summed E-state index contributed by atoms with van der Waals surface area (Å²) in [7, 11) is 0. The van der Waals surface area contributed by atoms with E-state index in [1.807, 2.05) is 9.80 Å². The van der Waals surface area contributed by atoms with Gasteiger partial charge in [0, 0.05) is 37.8 Å². The Morgan fingerprint density at radius 1 is 1.12 bits per heavy atom. The fraction of sp³-hybridized carbons (Fsp3) is 0.611. The van der Waals surface area contributed by atoms with Crippen molar-refractivity contribution in [2.45, 2.75) is 38.1 Å². The number of fused-ring (bicyclic) bond motifs is 4. The number of halogens is 1. The molecule has 3 saturated heterocycles. The zero-order chi connectivity index (χ0) is 17.6. The molecule has 3 aliphatic heterocycles. The van der Waals surface area contributed by atoms with Gasteiger partial charge in [-0.15, -0.1) is 0 Å². The zero-order valence-corrected chi connectivity index (χ0v) is 14.8. The highest BCUT2D eigenvalue weighted by atomic mass is 35.5. The number of piperidine rings is 1. The Labute approximate surface area is 151 Å². The van der Waals surface area contributed by atoms with E-state index in [2.05, 4.69) is 4.98 Å². The number of carbonyl (C=O) groups is 2. The van der Waals surface area contributed by atoms with Gasteiger partial charge in [-0.1, -0.05) is 18.0 Å². The number of aromatic amines is 1. The minimum Gasteiger partial charge on any atom is -0.340 e. The third-order valence-corrected chi connectivity index (χ3v) is 6.13. The van der Waals surface area contributed by atoms with Gasteiger partial charge in [0.1, 0.15) is 5.02 Å². The molecule has 1 aromatic rings. The lowest BCUT2D eigenvalue weighted by Gasteiger charge is -2.36. The molecule has 4 fully saturated rings. The minimum absolute atomic E-state index is 0.0209. The molecule has 2 bridgehead atoms. The molecule has 1 N–H and O–H groups in total. The molecule has 0 spiro atoms. The molecule has 6 nitrogen and oxygen atoms in total. The summed E-state index contributed by atoms with van der Waals surface area (Å²) in [6, 6.07) is 1.47. The molecule has 0 unspecified atom stereocenters. The second-order valence-electron chi connectivity index (χ2n) is 7.49. The molecule has 134 valence electrons. The number of nitrogens with zero attached hydrogens (tertiary/aromatic N) is 2. The number of pyridine rings is 1. The van der Waals surface area contributed by atoms with Crippen molar-refractivity contribution in [3.63, 3.8) is 0 Å². The van der Waals surface area contributed by atoms with Crippen LogP contribution in [0.15, 0.2) is 17.1 Å². The molecular weight excluding hydrogens is 342 g/mol. The topological polar surface area (TPSA) is 73.5 Å². The van der Waals surface area contributed by atoms with Gasteiger partial charge in [-0.2, -0.15) is 0 Å². The number of carbonyl (C=O) groups excluding carboxylic acids is 2. The van der Waals surface area contributed by atoms with Crippen LogP contribution in [0.3, 0.4) is 0 Å². The molecule has 0 radical (unpaired) electrons. The third-order valence-electron chi connectivity index (χ3n) is 5.85. The predicted molar refractivity (Wildman–Crippen MR) is 93.5 cm³/mol. The molecule has 1 saturated carbocycles. The van der Waals surface area contributed by atoms with Gasteiger partial charge in [-0.25, -0.2) is 0 Å². The van der Waals surface area contributed by atoms with Gasteiger partial charge in [0.05, 0.1) is 5.56 Å². The van der Waals surface area contributed by atoms with Gasteiger partial charge in [-0.05, 0) is 37.7 Å². The van der Waals surface area contributed by atoms with Crippen molar-refractivity contribution in [2.75, 3.05) is 19.6 Å². The highest BCUT2D eigenvalue weighted by Crippen LogP contribution is 2.33. The van der Waals surface area contributed by atoms with Gasteiger partial charge >= 0.3 is 0 Å². The first-order valence-corrected chi connectivity index (χ1v) is 9.38. The van der Waals surface area contributed by atoms with Crippen LogP contribution in [0.1, 0.15) is 42.5 Å². The van der Waals surface area contributed by atoms with E-state index in [0.717, 1.165) is 38.6 Å². The lowest BCUT2D eigenvalue weighted by Crippen LogP contribution is -2.48. The Balaban J connectivity index is 1.53. The second kappa shape index (κ2) is 6.48. The van der Waals surface area contributed by atoms with E-state index in [-0.39, 0.29) is 28.8 Å². The first-order chi connectivity index (χ1) is 12.0. The van der Waals surface area contributed by atoms with Gasteiger partial charge in [-0.3, -0.25) is 14.4 Å². The maximum Gasteiger partial charge on any atom is 0.266 e. The van der Waals surface area contributed by atoms with E-state index in [1.165, 1.54) is 12.3 Å². The highest BCUT2D eigenvalue weighted by molar-refractivity contribution is 6.30. The number of rotatable bonds is 2. The van der Waals surface area contributed by atoms with Crippen LogP contribution in [0, 0.1) is 11.8 Å². The van der Waals surface area contributed by atoms with E-state index in [9.17, 15) is 14.4 Å². The predicted octanol–water partition coefficient (Wildman–Crippen LogP) is 1.89. The Bertz CT molecular complexity index is 758. The largest absolute Gasteiger partial charge is 0.340 e. The number of hydrogen-bond donors (Lipinski definition) is 1. The fourth-order valence-corrected chi connectivity index (χ4v) is 4.34. The maximum atomic E-state index is 12.9. The molecule has 2 amide bonds. The van der Waals surface area contributed by atoms with Gasteiger partial charge < -0.3 is 14.8 Å². The standard InChI is InChI=1S/C18H22ClN3O3/c19-15-6-13(7-20-16(15)23)18(25)22-9-11-4-5-14(22)10-21(8-11)17(24)12-2-1-3-12/h6-7,11-12,14H,1-5,8-10H2,(H,20,23)/t11-,14+/m0/s1. The highest BCUT2D eigenvalue weighted by Gasteiger charge is 2.40. The molecule has 4 aliphatic rings. The molecule has 4 heterocycles. The van der Waals surface area contributed by atoms with Crippen molar-refractivity contribution >= 4 is 23.4 Å². The molecule has 5 rings (SSSR count). The Kier molecular flexibility index (Phi) is 4.31. The fourth-order valence-electron chi connectivity index (χ4n) is 4.17. The summed E-state index contributed by atoms with van der Waals surface area (Å²) >= 11 is 5.86. The lowest BCUT2D eigenvalue weighted by atomic mass is 9.84. The van der Waals surface area contributed by atoms with Crippen LogP contribution in [0.4, 0.5) is 0 Å². The first kappa shape index (κ1) is 16.6. The number of H-pyrrole nitrogens is 1. The van der Waals surface area contributed by atoms with Crippen LogP contribution in [0.25, 0.3) is 0 Å². The third kappa shape index (κ3) is 3.08. The summed E-state index contributed by atoms with van der Waals surface area (Å²) < 4.78 is 0. The van der Waals surface area contributed by atoms with E-state index in [0.29, 0.717) is 24.6 Å². The average Bonchev–Trinajstić information content (AvgIpc) is 2.87. The monoisotopic (exact) mass is 363 g/mol. The molecule has 25 heavy (non-hydrogen) atoms. The summed E-state index contributed by atoms with van der Waals surface area (Å²) in [5.41, 5.74) is 0.00175. The summed E-state index contributed by atoms with van der Waals surface area (Å²) in [4.78, 5) is 43.3. The number of amides is 2. The smallest absolute Gasteiger partial charge is 0.266 e. The molecule has 1 aliphatic carbocycles. The van der Waals surface area contributed by atoms with Crippen LogP contribution in [0.5, 0.6) is 0 Å². The number of nitrogens with one attached hydrogen (secondary N) is 1. The Hall–Kier alpha value is -1.82. The van der Waals surface area contributed by atoms with Crippen molar-refractivity contribution < 1.29 is 9.59 Å². The molecule has 2 atom stereocenters. The molecule has 0 aromatic carbocycles. The summed E-state index contributed by atoms with van der Waals surface area (Å²) in [6.07, 6.45) is 6.55. The van der Waals surface area contributed by atoms with E-state index in [1.54, 1.807) is 0 Å². The number of aromatic nitrogens is 1. The van der Waals surface area contributed by atoms with Crippen molar-refractivity contribution in [1.82, 2.24) is 14.8 Å².